The Bertz CT molecular complexity index is 3060. The minimum atomic E-state index is 0.835. The average Bonchev–Trinajstić information content (AvgIpc) is 3.80. The van der Waals surface area contributed by atoms with E-state index >= 15 is 0 Å². The van der Waals surface area contributed by atoms with Crippen LogP contribution in [0.2, 0.25) is 0 Å². The van der Waals surface area contributed by atoms with Crippen LogP contribution >= 0.6 is 0 Å². The van der Waals surface area contributed by atoms with E-state index in [1.165, 1.54) is 32.6 Å². The Morgan fingerprint density at radius 3 is 1.87 bits per heavy atom. The number of para-hydroxylation sites is 3. The van der Waals surface area contributed by atoms with Crippen LogP contribution in [0.15, 0.2) is 146 Å². The van der Waals surface area contributed by atoms with Crippen LogP contribution in [0, 0.1) is 0 Å². The normalized spacial score (nSPS) is 12.3. The summed E-state index contributed by atoms with van der Waals surface area (Å²) < 4.78 is 6.97. The van der Waals surface area contributed by atoms with E-state index in [0.717, 1.165) is 61.0 Å². The Morgan fingerprint density at radius 1 is 0.404 bits per heavy atom. The Morgan fingerprint density at radius 2 is 1.04 bits per heavy atom. The molecule has 218 valence electrons. The molecule has 0 saturated carbocycles. The maximum Gasteiger partial charge on any atom is 0.165 e. The number of hydrogen-bond donors (Lipinski definition) is 0. The molecule has 0 aliphatic rings. The molecule has 5 aromatic carbocycles. The highest BCUT2D eigenvalue weighted by Gasteiger charge is 2.24. The van der Waals surface area contributed by atoms with Crippen molar-refractivity contribution >= 4 is 82.2 Å². The van der Waals surface area contributed by atoms with Crippen molar-refractivity contribution in [2.45, 2.75) is 0 Å². The smallest absolute Gasteiger partial charge is 0.165 e. The summed E-state index contributed by atoms with van der Waals surface area (Å²) in [5.74, 6) is 0. The van der Waals surface area contributed by atoms with E-state index in [1.54, 1.807) is 0 Å². The number of fused-ring (bicyclic) bond motifs is 16. The minimum absolute atomic E-state index is 0.835. The van der Waals surface area contributed by atoms with E-state index in [-0.39, 0.29) is 0 Å². The topological polar surface area (TPSA) is 52.9 Å². The van der Waals surface area contributed by atoms with Crippen molar-refractivity contribution in [2.24, 2.45) is 0 Å². The number of hydrogen-bond acceptors (Lipinski definition) is 3. The largest absolute Gasteiger partial charge is 0.309 e. The van der Waals surface area contributed by atoms with Crippen molar-refractivity contribution in [3.63, 3.8) is 0 Å². The van der Waals surface area contributed by atoms with E-state index < -0.39 is 0 Å². The van der Waals surface area contributed by atoms with E-state index in [0.29, 0.717) is 0 Å². The molecule has 6 aromatic heterocycles. The number of rotatable bonds is 2. The summed E-state index contributed by atoms with van der Waals surface area (Å²) in [6.45, 7) is 0. The van der Waals surface area contributed by atoms with Gasteiger partial charge in [-0.25, -0.2) is 9.97 Å². The fraction of sp³-hybridized carbons (Fsp3) is 0. The van der Waals surface area contributed by atoms with Gasteiger partial charge in [-0.3, -0.25) is 9.38 Å². The zero-order chi connectivity index (χ0) is 30.6. The second-order valence-corrected chi connectivity index (χ2v) is 12.1. The van der Waals surface area contributed by atoms with Gasteiger partial charge < -0.3 is 9.13 Å². The highest BCUT2D eigenvalue weighted by molar-refractivity contribution is 6.34. The van der Waals surface area contributed by atoms with Crippen LogP contribution in [0.25, 0.3) is 93.6 Å². The molecule has 0 aliphatic heterocycles. The Kier molecular flexibility index (Phi) is 4.75. The molecule has 0 fully saturated rings. The molecule has 0 bridgehead atoms. The molecule has 47 heavy (non-hydrogen) atoms. The van der Waals surface area contributed by atoms with Gasteiger partial charge in [-0.1, -0.05) is 60.7 Å². The fourth-order valence-electron chi connectivity index (χ4n) is 7.87. The van der Waals surface area contributed by atoms with Crippen LogP contribution in [0.4, 0.5) is 0 Å². The zero-order valence-electron chi connectivity index (χ0n) is 25.0. The third-order valence-electron chi connectivity index (χ3n) is 9.68. The quantitative estimate of drug-likeness (QED) is 0.186. The van der Waals surface area contributed by atoms with Gasteiger partial charge in [-0.15, -0.1) is 0 Å². The van der Waals surface area contributed by atoms with Crippen LogP contribution in [-0.4, -0.2) is 28.5 Å². The third-order valence-corrected chi connectivity index (χ3v) is 9.68. The Hall–Kier alpha value is -6.53. The maximum atomic E-state index is 5.14. The maximum absolute atomic E-state index is 5.14. The van der Waals surface area contributed by atoms with Crippen molar-refractivity contribution in [1.29, 1.82) is 0 Å². The van der Waals surface area contributed by atoms with Gasteiger partial charge in [0.25, 0.3) is 0 Å². The number of nitrogens with zero attached hydrogens (tertiary/aromatic N) is 6. The van der Waals surface area contributed by atoms with E-state index in [4.69, 9.17) is 15.0 Å². The molecule has 11 aromatic rings. The second kappa shape index (κ2) is 9.02. The molecule has 0 atom stereocenters. The summed E-state index contributed by atoms with van der Waals surface area (Å²) in [4.78, 5) is 15.0. The standard InChI is InChI=1S/C41H24N6/c1-3-11-25(12-4-1)45-31-17-8-7-15-27(31)35-32(45)21-22-33-36(35)28-19-20-29-37(39(28)46(33)26-13-5-2-6-14-26)38-34(18-10-23-42-38)47-40(29)44-30-16-9-24-43-41(30)47/h1-24H. The lowest BCUT2D eigenvalue weighted by Gasteiger charge is -2.12. The zero-order valence-corrected chi connectivity index (χ0v) is 25.0. The first kappa shape index (κ1) is 24.8. The highest BCUT2D eigenvalue weighted by Crippen LogP contribution is 2.45. The first-order chi connectivity index (χ1) is 23.4. The monoisotopic (exact) mass is 600 g/mol. The minimum Gasteiger partial charge on any atom is -0.309 e. The molecular formula is C41H24N6. The van der Waals surface area contributed by atoms with Gasteiger partial charge in [0.15, 0.2) is 5.65 Å². The predicted octanol–water partition coefficient (Wildman–Crippen LogP) is 9.78. The summed E-state index contributed by atoms with van der Waals surface area (Å²) in [7, 11) is 0. The first-order valence-corrected chi connectivity index (χ1v) is 15.8. The van der Waals surface area contributed by atoms with Crippen molar-refractivity contribution in [3.8, 4) is 11.4 Å². The lowest BCUT2D eigenvalue weighted by atomic mass is 10.0. The van der Waals surface area contributed by atoms with Crippen LogP contribution in [0.3, 0.4) is 0 Å². The number of pyridine rings is 3. The van der Waals surface area contributed by atoms with E-state index in [9.17, 15) is 0 Å². The molecule has 0 aliphatic carbocycles. The molecule has 6 heterocycles. The summed E-state index contributed by atoms with van der Waals surface area (Å²) in [6.07, 6.45) is 3.72. The molecule has 6 heteroatoms. The van der Waals surface area contributed by atoms with Crippen LogP contribution in [0.1, 0.15) is 0 Å². The fourth-order valence-corrected chi connectivity index (χ4v) is 7.87. The molecule has 0 unspecified atom stereocenters. The Labute approximate surface area is 267 Å². The SMILES string of the molecule is c1ccc(-n2c3ccccc3c3c4c5ccc6c(c7ncccc7n7c8ncccc8nc67)c5n(-c5ccccc5)c4ccc32)cc1. The predicted molar refractivity (Wildman–Crippen MR) is 192 cm³/mol. The molecule has 0 radical (unpaired) electrons. The molecule has 6 nitrogen and oxygen atoms in total. The summed E-state index contributed by atoms with van der Waals surface area (Å²) in [5, 5.41) is 7.02. The lowest BCUT2D eigenvalue weighted by Crippen LogP contribution is -1.98. The van der Waals surface area contributed by atoms with Crippen molar-refractivity contribution in [3.05, 3.63) is 146 Å². The molecule has 0 spiro atoms. The average molecular weight is 601 g/mol. The van der Waals surface area contributed by atoms with Crippen LogP contribution < -0.4 is 0 Å². The van der Waals surface area contributed by atoms with Crippen LogP contribution in [-0.2, 0) is 0 Å². The molecule has 0 saturated heterocycles. The number of imidazole rings is 1. The number of benzene rings is 5. The summed E-state index contributed by atoms with van der Waals surface area (Å²) in [6, 6.07) is 47.3. The van der Waals surface area contributed by atoms with Gasteiger partial charge in [0.2, 0.25) is 0 Å². The second-order valence-electron chi connectivity index (χ2n) is 12.1. The van der Waals surface area contributed by atoms with Crippen molar-refractivity contribution in [1.82, 2.24) is 28.5 Å². The van der Waals surface area contributed by atoms with Gasteiger partial charge in [-0.05, 0) is 72.8 Å². The van der Waals surface area contributed by atoms with Crippen LogP contribution in [0.5, 0.6) is 0 Å². The number of aromatic nitrogens is 6. The van der Waals surface area contributed by atoms with Gasteiger partial charge >= 0.3 is 0 Å². The van der Waals surface area contributed by atoms with E-state index in [1.807, 2.05) is 30.6 Å². The molecule has 0 N–H and O–H groups in total. The van der Waals surface area contributed by atoms with Gasteiger partial charge in [0.1, 0.15) is 11.2 Å². The van der Waals surface area contributed by atoms with Gasteiger partial charge in [0, 0.05) is 56.1 Å². The van der Waals surface area contributed by atoms with Crippen molar-refractivity contribution in [2.75, 3.05) is 0 Å². The van der Waals surface area contributed by atoms with Gasteiger partial charge in [0.05, 0.1) is 33.1 Å². The molecule has 11 rings (SSSR count). The molecule has 0 amide bonds. The Balaban J connectivity index is 1.43. The first-order valence-electron chi connectivity index (χ1n) is 15.8. The summed E-state index contributed by atoms with van der Waals surface area (Å²) in [5.41, 5.74) is 11.4. The highest BCUT2D eigenvalue weighted by atomic mass is 15.1. The van der Waals surface area contributed by atoms with Crippen molar-refractivity contribution < 1.29 is 0 Å². The third kappa shape index (κ3) is 3.16. The molecular weight excluding hydrogens is 576 g/mol. The van der Waals surface area contributed by atoms with Gasteiger partial charge in [-0.2, -0.15) is 0 Å². The van der Waals surface area contributed by atoms with E-state index in [2.05, 4.69) is 129 Å². The summed E-state index contributed by atoms with van der Waals surface area (Å²) >= 11 is 0. The lowest BCUT2D eigenvalue weighted by molar-refractivity contribution is 1.17.